The maximum absolute atomic E-state index is 5.18. The molecule has 112 valence electrons. The van der Waals surface area contributed by atoms with E-state index < -0.39 is 0 Å². The van der Waals surface area contributed by atoms with Crippen LogP contribution in [0.2, 0.25) is 0 Å². The first kappa shape index (κ1) is 13.6. The summed E-state index contributed by atoms with van der Waals surface area (Å²) in [6.45, 7) is 0. The highest BCUT2D eigenvalue weighted by molar-refractivity contribution is 6.09. The van der Waals surface area contributed by atoms with Gasteiger partial charge in [0.25, 0.3) is 0 Å². The van der Waals surface area contributed by atoms with Crippen molar-refractivity contribution in [3.63, 3.8) is 0 Å². The Kier molecular flexibility index (Phi) is 3.31. The van der Waals surface area contributed by atoms with Gasteiger partial charge in [0.05, 0.1) is 18.3 Å². The van der Waals surface area contributed by atoms with Crippen LogP contribution in [0.5, 0.6) is 5.75 Å². The standard InChI is InChI=1S/C20H16N2O/c1-23-15-9-6-14(7-10-15)8-11-19-20-17(12-13-21-19)16-4-2-3-5-18(16)22-20/h2-13,22H,1H3/b11-8+. The minimum Gasteiger partial charge on any atom is -0.497 e. The van der Waals surface area contributed by atoms with Crippen molar-refractivity contribution in [1.82, 2.24) is 9.97 Å². The van der Waals surface area contributed by atoms with Gasteiger partial charge >= 0.3 is 0 Å². The number of methoxy groups -OCH3 is 1. The van der Waals surface area contributed by atoms with E-state index in [1.807, 2.05) is 42.6 Å². The van der Waals surface area contributed by atoms with E-state index in [-0.39, 0.29) is 0 Å². The molecule has 0 saturated carbocycles. The highest BCUT2D eigenvalue weighted by Crippen LogP contribution is 2.27. The summed E-state index contributed by atoms with van der Waals surface area (Å²) >= 11 is 0. The molecule has 23 heavy (non-hydrogen) atoms. The lowest BCUT2D eigenvalue weighted by molar-refractivity contribution is 0.415. The first-order chi connectivity index (χ1) is 11.3. The fraction of sp³-hybridized carbons (Fsp3) is 0.0500. The van der Waals surface area contributed by atoms with Gasteiger partial charge < -0.3 is 9.72 Å². The molecule has 0 fully saturated rings. The number of pyridine rings is 1. The topological polar surface area (TPSA) is 37.9 Å². The van der Waals surface area contributed by atoms with E-state index in [0.29, 0.717) is 0 Å². The third-order valence-corrected chi connectivity index (χ3v) is 4.01. The zero-order chi connectivity index (χ0) is 15.6. The third-order valence-electron chi connectivity index (χ3n) is 4.01. The number of aromatic amines is 1. The summed E-state index contributed by atoms with van der Waals surface area (Å²) in [5.41, 5.74) is 4.25. The molecule has 2 aromatic heterocycles. The van der Waals surface area contributed by atoms with Gasteiger partial charge in [-0.2, -0.15) is 0 Å². The lowest BCUT2D eigenvalue weighted by Gasteiger charge is -1.99. The van der Waals surface area contributed by atoms with Crippen molar-refractivity contribution >= 4 is 34.0 Å². The molecule has 4 aromatic rings. The van der Waals surface area contributed by atoms with Crippen LogP contribution in [0.15, 0.2) is 60.8 Å². The molecular weight excluding hydrogens is 284 g/mol. The quantitative estimate of drug-likeness (QED) is 0.584. The van der Waals surface area contributed by atoms with Gasteiger partial charge in [0, 0.05) is 22.5 Å². The Morgan fingerprint density at radius 2 is 1.74 bits per heavy atom. The molecule has 0 amide bonds. The van der Waals surface area contributed by atoms with Crippen LogP contribution >= 0.6 is 0 Å². The molecule has 1 N–H and O–H groups in total. The van der Waals surface area contributed by atoms with E-state index in [2.05, 4.69) is 40.3 Å². The van der Waals surface area contributed by atoms with Gasteiger partial charge in [0.2, 0.25) is 0 Å². The molecule has 0 aliphatic rings. The van der Waals surface area contributed by atoms with Crippen LogP contribution in [0.4, 0.5) is 0 Å². The summed E-state index contributed by atoms with van der Waals surface area (Å²) in [6, 6.07) is 18.3. The van der Waals surface area contributed by atoms with Crippen LogP contribution < -0.4 is 4.74 Å². The van der Waals surface area contributed by atoms with Crippen LogP contribution in [0, 0.1) is 0 Å². The van der Waals surface area contributed by atoms with Crippen LogP contribution in [0.25, 0.3) is 34.0 Å². The smallest absolute Gasteiger partial charge is 0.118 e. The SMILES string of the molecule is COc1ccc(/C=C/c2nccc3c2[nH]c2ccccc23)cc1. The molecule has 0 unspecified atom stereocenters. The molecule has 4 rings (SSSR count). The summed E-state index contributed by atoms with van der Waals surface area (Å²) in [4.78, 5) is 7.98. The number of fused-ring (bicyclic) bond motifs is 3. The zero-order valence-electron chi connectivity index (χ0n) is 12.8. The first-order valence-electron chi connectivity index (χ1n) is 7.53. The number of hydrogen-bond donors (Lipinski definition) is 1. The molecule has 0 aliphatic carbocycles. The lowest BCUT2D eigenvalue weighted by Crippen LogP contribution is -1.83. The van der Waals surface area contributed by atoms with Crippen LogP contribution in [0.3, 0.4) is 0 Å². The largest absolute Gasteiger partial charge is 0.497 e. The fourth-order valence-corrected chi connectivity index (χ4v) is 2.81. The Hall–Kier alpha value is -3.07. The molecule has 0 bridgehead atoms. The van der Waals surface area contributed by atoms with Crippen molar-refractivity contribution in [1.29, 1.82) is 0 Å². The molecular formula is C20H16N2O. The van der Waals surface area contributed by atoms with E-state index in [9.17, 15) is 0 Å². The molecule has 0 saturated heterocycles. The average Bonchev–Trinajstić information content (AvgIpc) is 3.00. The number of ether oxygens (including phenoxy) is 1. The predicted octanol–water partition coefficient (Wildman–Crippen LogP) is 4.90. The lowest BCUT2D eigenvalue weighted by atomic mass is 10.1. The predicted molar refractivity (Wildman–Crippen MR) is 95.5 cm³/mol. The molecule has 3 nitrogen and oxygen atoms in total. The highest BCUT2D eigenvalue weighted by atomic mass is 16.5. The van der Waals surface area contributed by atoms with Crippen molar-refractivity contribution in [2.45, 2.75) is 0 Å². The van der Waals surface area contributed by atoms with Gasteiger partial charge in [0.15, 0.2) is 0 Å². The third kappa shape index (κ3) is 2.46. The maximum Gasteiger partial charge on any atom is 0.118 e. The second-order valence-electron chi connectivity index (χ2n) is 5.40. The Labute approximate surface area is 134 Å². The highest BCUT2D eigenvalue weighted by Gasteiger charge is 2.06. The van der Waals surface area contributed by atoms with Gasteiger partial charge in [-0.3, -0.25) is 4.98 Å². The Morgan fingerprint density at radius 3 is 2.57 bits per heavy atom. The van der Waals surface area contributed by atoms with Gasteiger partial charge in [-0.1, -0.05) is 36.4 Å². The van der Waals surface area contributed by atoms with E-state index in [1.54, 1.807) is 7.11 Å². The molecule has 2 heterocycles. The van der Waals surface area contributed by atoms with Crippen molar-refractivity contribution < 1.29 is 4.74 Å². The second kappa shape index (κ2) is 5.61. The van der Waals surface area contributed by atoms with E-state index in [4.69, 9.17) is 4.74 Å². The molecule has 0 spiro atoms. The summed E-state index contributed by atoms with van der Waals surface area (Å²) in [6.07, 6.45) is 5.96. The van der Waals surface area contributed by atoms with Gasteiger partial charge in [-0.05, 0) is 35.9 Å². The van der Waals surface area contributed by atoms with E-state index >= 15 is 0 Å². The summed E-state index contributed by atoms with van der Waals surface area (Å²) in [7, 11) is 1.67. The van der Waals surface area contributed by atoms with E-state index in [0.717, 1.165) is 28.0 Å². The van der Waals surface area contributed by atoms with Crippen molar-refractivity contribution in [3.8, 4) is 5.75 Å². The van der Waals surface area contributed by atoms with Crippen LogP contribution in [-0.4, -0.2) is 17.1 Å². The van der Waals surface area contributed by atoms with Gasteiger partial charge in [-0.15, -0.1) is 0 Å². The van der Waals surface area contributed by atoms with Crippen molar-refractivity contribution in [2.75, 3.05) is 7.11 Å². The molecule has 2 aromatic carbocycles. The first-order valence-corrected chi connectivity index (χ1v) is 7.53. The van der Waals surface area contributed by atoms with Gasteiger partial charge in [0.1, 0.15) is 5.75 Å². The number of nitrogens with one attached hydrogen (secondary N) is 1. The zero-order valence-corrected chi connectivity index (χ0v) is 12.8. The number of aromatic nitrogens is 2. The molecule has 0 aliphatic heterocycles. The van der Waals surface area contributed by atoms with Crippen LogP contribution in [-0.2, 0) is 0 Å². The Bertz CT molecular complexity index is 997. The average molecular weight is 300 g/mol. The van der Waals surface area contributed by atoms with Crippen molar-refractivity contribution in [2.24, 2.45) is 0 Å². The second-order valence-corrected chi connectivity index (χ2v) is 5.40. The minimum absolute atomic E-state index is 0.859. The van der Waals surface area contributed by atoms with Crippen molar-refractivity contribution in [3.05, 3.63) is 72.1 Å². The summed E-state index contributed by atoms with van der Waals surface area (Å²) in [5.74, 6) is 0.859. The molecule has 3 heteroatoms. The van der Waals surface area contributed by atoms with Crippen LogP contribution in [0.1, 0.15) is 11.3 Å². The number of H-pyrrole nitrogens is 1. The normalized spacial score (nSPS) is 11.5. The van der Waals surface area contributed by atoms with E-state index in [1.165, 1.54) is 10.8 Å². The Balaban J connectivity index is 1.77. The number of hydrogen-bond acceptors (Lipinski definition) is 2. The minimum atomic E-state index is 0.859. The number of rotatable bonds is 3. The monoisotopic (exact) mass is 300 g/mol. The number of benzene rings is 2. The Morgan fingerprint density at radius 1 is 0.913 bits per heavy atom. The molecule has 0 atom stereocenters. The summed E-state index contributed by atoms with van der Waals surface area (Å²) in [5, 5.41) is 2.42. The van der Waals surface area contributed by atoms with Gasteiger partial charge in [-0.25, -0.2) is 0 Å². The maximum atomic E-state index is 5.18. The number of para-hydroxylation sites is 1. The fourth-order valence-electron chi connectivity index (χ4n) is 2.81. The number of nitrogens with zero attached hydrogens (tertiary/aromatic N) is 1. The molecule has 0 radical (unpaired) electrons. The summed E-state index contributed by atoms with van der Waals surface area (Å²) < 4.78 is 5.18.